The third-order valence-electron chi connectivity index (χ3n) is 2.62. The highest BCUT2D eigenvalue weighted by atomic mass is 16.4. The van der Waals surface area contributed by atoms with Crippen LogP contribution in [-0.2, 0) is 6.42 Å². The number of hydrogen-bond acceptors (Lipinski definition) is 3. The molecule has 0 spiro atoms. The van der Waals surface area contributed by atoms with Gasteiger partial charge in [0, 0.05) is 6.20 Å². The van der Waals surface area contributed by atoms with Crippen molar-refractivity contribution in [1.29, 1.82) is 0 Å². The minimum absolute atomic E-state index is 0.275. The Morgan fingerprint density at radius 1 is 1.22 bits per heavy atom. The highest BCUT2D eigenvalue weighted by molar-refractivity contribution is 5.89. The van der Waals surface area contributed by atoms with Gasteiger partial charge in [-0.1, -0.05) is 19.4 Å². The number of aromatic carboxylic acids is 1. The van der Waals surface area contributed by atoms with Gasteiger partial charge in [0.05, 0.1) is 22.6 Å². The fourth-order valence-electron chi connectivity index (χ4n) is 1.78. The van der Waals surface area contributed by atoms with E-state index in [1.165, 1.54) is 0 Å². The molecule has 1 N–H and O–H groups in total. The second kappa shape index (κ2) is 5.40. The molecule has 0 saturated carbocycles. The van der Waals surface area contributed by atoms with E-state index in [4.69, 9.17) is 5.11 Å². The van der Waals surface area contributed by atoms with Gasteiger partial charge in [-0.3, -0.25) is 9.97 Å². The summed E-state index contributed by atoms with van der Waals surface area (Å²) in [7, 11) is 0. The SMILES string of the molecule is CCCc1nc(-c2ccccn2)ccc1C(=O)O. The molecule has 0 aromatic carbocycles. The van der Waals surface area contributed by atoms with E-state index in [1.807, 2.05) is 25.1 Å². The van der Waals surface area contributed by atoms with Crippen molar-refractivity contribution in [2.75, 3.05) is 0 Å². The third kappa shape index (κ3) is 2.53. The lowest BCUT2D eigenvalue weighted by atomic mass is 10.1. The number of aromatic nitrogens is 2. The maximum atomic E-state index is 11.1. The summed E-state index contributed by atoms with van der Waals surface area (Å²) in [5, 5.41) is 9.10. The molecule has 0 atom stereocenters. The number of carboxylic acid groups (broad SMARTS) is 1. The monoisotopic (exact) mass is 242 g/mol. The van der Waals surface area contributed by atoms with Crippen molar-refractivity contribution in [2.24, 2.45) is 0 Å². The molecular weight excluding hydrogens is 228 g/mol. The summed E-state index contributed by atoms with van der Waals surface area (Å²) in [6, 6.07) is 8.88. The van der Waals surface area contributed by atoms with Gasteiger partial charge in [0.15, 0.2) is 0 Å². The van der Waals surface area contributed by atoms with E-state index in [9.17, 15) is 4.79 Å². The van der Waals surface area contributed by atoms with Crippen molar-refractivity contribution in [2.45, 2.75) is 19.8 Å². The lowest BCUT2D eigenvalue weighted by Crippen LogP contribution is -2.05. The minimum atomic E-state index is -0.932. The molecule has 2 aromatic heterocycles. The quantitative estimate of drug-likeness (QED) is 0.895. The van der Waals surface area contributed by atoms with Crippen LogP contribution in [-0.4, -0.2) is 21.0 Å². The van der Waals surface area contributed by atoms with E-state index in [2.05, 4.69) is 9.97 Å². The van der Waals surface area contributed by atoms with Gasteiger partial charge in [0.2, 0.25) is 0 Å². The average Bonchev–Trinajstić information content (AvgIpc) is 2.40. The van der Waals surface area contributed by atoms with Gasteiger partial charge in [0.25, 0.3) is 0 Å². The zero-order chi connectivity index (χ0) is 13.0. The number of hydrogen-bond donors (Lipinski definition) is 1. The zero-order valence-corrected chi connectivity index (χ0v) is 10.1. The van der Waals surface area contributed by atoms with Crippen molar-refractivity contribution in [3.8, 4) is 11.4 Å². The van der Waals surface area contributed by atoms with Gasteiger partial charge in [-0.25, -0.2) is 4.79 Å². The Labute approximate surface area is 105 Å². The van der Waals surface area contributed by atoms with Crippen molar-refractivity contribution in [1.82, 2.24) is 9.97 Å². The summed E-state index contributed by atoms with van der Waals surface area (Å²) < 4.78 is 0. The Morgan fingerprint density at radius 3 is 2.67 bits per heavy atom. The van der Waals surface area contributed by atoms with Gasteiger partial charge in [-0.05, 0) is 30.7 Å². The number of aryl methyl sites for hydroxylation is 1. The topological polar surface area (TPSA) is 63.1 Å². The minimum Gasteiger partial charge on any atom is -0.478 e. The lowest BCUT2D eigenvalue weighted by Gasteiger charge is -2.06. The standard InChI is InChI=1S/C14H14N2O2/c1-2-5-11-10(14(17)18)7-8-13(16-11)12-6-3-4-9-15-12/h3-4,6-9H,2,5H2,1H3,(H,17,18). The molecule has 0 aliphatic rings. The smallest absolute Gasteiger partial charge is 0.337 e. The molecule has 4 heteroatoms. The highest BCUT2D eigenvalue weighted by Crippen LogP contribution is 2.18. The van der Waals surface area contributed by atoms with Gasteiger partial charge < -0.3 is 5.11 Å². The van der Waals surface area contributed by atoms with E-state index in [-0.39, 0.29) is 5.56 Å². The molecule has 2 heterocycles. The van der Waals surface area contributed by atoms with E-state index in [1.54, 1.807) is 18.3 Å². The molecule has 2 aromatic rings. The fraction of sp³-hybridized carbons (Fsp3) is 0.214. The largest absolute Gasteiger partial charge is 0.478 e. The molecule has 4 nitrogen and oxygen atoms in total. The lowest BCUT2D eigenvalue weighted by molar-refractivity contribution is 0.0695. The number of pyridine rings is 2. The number of carboxylic acids is 1. The van der Waals surface area contributed by atoms with Gasteiger partial charge >= 0.3 is 5.97 Å². The van der Waals surface area contributed by atoms with Crippen LogP contribution in [0.15, 0.2) is 36.5 Å². The highest BCUT2D eigenvalue weighted by Gasteiger charge is 2.12. The van der Waals surface area contributed by atoms with Crippen LogP contribution in [0.5, 0.6) is 0 Å². The maximum Gasteiger partial charge on any atom is 0.337 e. The van der Waals surface area contributed by atoms with Crippen LogP contribution in [0, 0.1) is 0 Å². The summed E-state index contributed by atoms with van der Waals surface area (Å²) >= 11 is 0. The zero-order valence-electron chi connectivity index (χ0n) is 10.1. The molecule has 0 unspecified atom stereocenters. The summed E-state index contributed by atoms with van der Waals surface area (Å²) in [6.07, 6.45) is 3.21. The van der Waals surface area contributed by atoms with Crippen LogP contribution in [0.25, 0.3) is 11.4 Å². The Kier molecular flexibility index (Phi) is 3.67. The molecule has 0 bridgehead atoms. The van der Waals surface area contributed by atoms with Crippen molar-refractivity contribution < 1.29 is 9.90 Å². The molecule has 0 radical (unpaired) electrons. The first-order chi connectivity index (χ1) is 8.72. The molecule has 92 valence electrons. The van der Waals surface area contributed by atoms with Crippen LogP contribution in [0.1, 0.15) is 29.4 Å². The molecule has 0 aliphatic carbocycles. The summed E-state index contributed by atoms with van der Waals surface area (Å²) in [5.74, 6) is -0.932. The molecule has 0 amide bonds. The van der Waals surface area contributed by atoms with Gasteiger partial charge in [-0.15, -0.1) is 0 Å². The van der Waals surface area contributed by atoms with Crippen molar-refractivity contribution >= 4 is 5.97 Å². The first kappa shape index (κ1) is 12.2. The molecule has 0 saturated heterocycles. The van der Waals surface area contributed by atoms with Crippen LogP contribution < -0.4 is 0 Å². The predicted octanol–water partition coefficient (Wildman–Crippen LogP) is 2.79. The van der Waals surface area contributed by atoms with E-state index in [0.29, 0.717) is 17.8 Å². The maximum absolute atomic E-state index is 11.1. The Balaban J connectivity index is 2.46. The van der Waals surface area contributed by atoms with E-state index in [0.717, 1.165) is 12.1 Å². The normalized spacial score (nSPS) is 10.3. The Bertz CT molecular complexity index is 553. The molecule has 2 rings (SSSR count). The molecule has 18 heavy (non-hydrogen) atoms. The van der Waals surface area contributed by atoms with Crippen LogP contribution in [0.3, 0.4) is 0 Å². The predicted molar refractivity (Wildman–Crippen MR) is 68.4 cm³/mol. The number of carbonyl (C=O) groups is 1. The Hall–Kier alpha value is -2.23. The Morgan fingerprint density at radius 2 is 2.06 bits per heavy atom. The van der Waals surface area contributed by atoms with Crippen LogP contribution >= 0.6 is 0 Å². The molecule has 0 aliphatic heterocycles. The number of rotatable bonds is 4. The third-order valence-corrected chi connectivity index (χ3v) is 2.62. The van der Waals surface area contributed by atoms with E-state index >= 15 is 0 Å². The van der Waals surface area contributed by atoms with Crippen molar-refractivity contribution in [3.63, 3.8) is 0 Å². The van der Waals surface area contributed by atoms with Gasteiger partial charge in [0.1, 0.15) is 0 Å². The molecule has 0 fully saturated rings. The first-order valence-electron chi connectivity index (χ1n) is 5.87. The second-order valence-electron chi connectivity index (χ2n) is 3.96. The van der Waals surface area contributed by atoms with E-state index < -0.39 is 5.97 Å². The second-order valence-corrected chi connectivity index (χ2v) is 3.96. The molecular formula is C14H14N2O2. The summed E-state index contributed by atoms with van der Waals surface area (Å²) in [6.45, 7) is 2.00. The average molecular weight is 242 g/mol. The number of nitrogens with zero attached hydrogens (tertiary/aromatic N) is 2. The van der Waals surface area contributed by atoms with Crippen LogP contribution in [0.4, 0.5) is 0 Å². The first-order valence-corrected chi connectivity index (χ1v) is 5.87. The van der Waals surface area contributed by atoms with Gasteiger partial charge in [-0.2, -0.15) is 0 Å². The summed E-state index contributed by atoms with van der Waals surface area (Å²) in [4.78, 5) is 19.7. The summed E-state index contributed by atoms with van der Waals surface area (Å²) in [5.41, 5.74) is 2.36. The van der Waals surface area contributed by atoms with Crippen molar-refractivity contribution in [3.05, 3.63) is 47.8 Å². The fourth-order valence-corrected chi connectivity index (χ4v) is 1.78. The van der Waals surface area contributed by atoms with Crippen LogP contribution in [0.2, 0.25) is 0 Å².